The fourth-order valence-corrected chi connectivity index (χ4v) is 1.96. The highest BCUT2D eigenvalue weighted by Crippen LogP contribution is 2.33. The van der Waals surface area contributed by atoms with E-state index in [0.717, 1.165) is 11.3 Å². The predicted octanol–water partition coefficient (Wildman–Crippen LogP) is 3.64. The van der Waals surface area contributed by atoms with Crippen LogP contribution < -0.4 is 14.8 Å². The van der Waals surface area contributed by atoms with E-state index in [9.17, 15) is 0 Å². The zero-order chi connectivity index (χ0) is 15.2. The standard InChI is InChI=1S/C17H18N2O2/c1-12(19-2)14-5-4-6-15(10-14)21-16-8-7-13(11-18)9-17(16)20-3/h4-10,12,19H,1-3H3. The SMILES string of the molecule is CNC(C)c1cccc(Oc2ccc(C#N)cc2OC)c1. The topological polar surface area (TPSA) is 54.3 Å². The molecule has 1 unspecified atom stereocenters. The molecule has 0 bridgehead atoms. The number of methoxy groups -OCH3 is 1. The highest BCUT2D eigenvalue weighted by Gasteiger charge is 2.09. The first-order valence-electron chi connectivity index (χ1n) is 6.71. The van der Waals surface area contributed by atoms with Crippen molar-refractivity contribution in [2.45, 2.75) is 13.0 Å². The Bertz CT molecular complexity index is 662. The number of hydrogen-bond donors (Lipinski definition) is 1. The lowest BCUT2D eigenvalue weighted by Gasteiger charge is -2.14. The van der Waals surface area contributed by atoms with E-state index in [4.69, 9.17) is 14.7 Å². The Balaban J connectivity index is 2.28. The van der Waals surface area contributed by atoms with Crippen LogP contribution in [-0.2, 0) is 0 Å². The van der Waals surface area contributed by atoms with Crippen LogP contribution in [0, 0.1) is 11.3 Å². The molecule has 0 amide bonds. The summed E-state index contributed by atoms with van der Waals surface area (Å²) in [5.41, 5.74) is 1.68. The summed E-state index contributed by atoms with van der Waals surface area (Å²) < 4.78 is 11.1. The first kappa shape index (κ1) is 14.9. The Morgan fingerprint density at radius 1 is 1.14 bits per heavy atom. The molecule has 1 atom stereocenters. The van der Waals surface area contributed by atoms with Gasteiger partial charge in [0, 0.05) is 12.1 Å². The highest BCUT2D eigenvalue weighted by atomic mass is 16.5. The lowest BCUT2D eigenvalue weighted by molar-refractivity contribution is 0.378. The maximum absolute atomic E-state index is 8.91. The monoisotopic (exact) mass is 282 g/mol. The maximum atomic E-state index is 8.91. The van der Waals surface area contributed by atoms with E-state index < -0.39 is 0 Å². The van der Waals surface area contributed by atoms with Crippen molar-refractivity contribution < 1.29 is 9.47 Å². The van der Waals surface area contributed by atoms with Gasteiger partial charge in [0.15, 0.2) is 11.5 Å². The molecule has 0 fully saturated rings. The van der Waals surface area contributed by atoms with Crippen LogP contribution in [0.1, 0.15) is 24.1 Å². The summed E-state index contributed by atoms with van der Waals surface area (Å²) in [6, 6.07) is 15.3. The summed E-state index contributed by atoms with van der Waals surface area (Å²) in [6.07, 6.45) is 0. The molecule has 0 aromatic heterocycles. The molecular weight excluding hydrogens is 264 g/mol. The van der Waals surface area contributed by atoms with Gasteiger partial charge in [-0.25, -0.2) is 0 Å². The predicted molar refractivity (Wildman–Crippen MR) is 81.7 cm³/mol. The van der Waals surface area contributed by atoms with Gasteiger partial charge in [-0.15, -0.1) is 0 Å². The average molecular weight is 282 g/mol. The van der Waals surface area contributed by atoms with Crippen LogP contribution in [0.5, 0.6) is 17.2 Å². The third-order valence-electron chi connectivity index (χ3n) is 3.31. The van der Waals surface area contributed by atoms with Gasteiger partial charge >= 0.3 is 0 Å². The zero-order valence-corrected chi connectivity index (χ0v) is 12.4. The number of nitrogens with one attached hydrogen (secondary N) is 1. The van der Waals surface area contributed by atoms with Crippen LogP contribution >= 0.6 is 0 Å². The molecule has 0 aliphatic carbocycles. The number of rotatable bonds is 5. The van der Waals surface area contributed by atoms with Crippen LogP contribution in [0.3, 0.4) is 0 Å². The normalized spacial score (nSPS) is 11.5. The molecule has 21 heavy (non-hydrogen) atoms. The molecule has 0 aliphatic rings. The summed E-state index contributed by atoms with van der Waals surface area (Å²) in [4.78, 5) is 0. The van der Waals surface area contributed by atoms with Crippen molar-refractivity contribution in [3.05, 3.63) is 53.6 Å². The highest BCUT2D eigenvalue weighted by molar-refractivity contribution is 5.48. The number of nitrogens with zero attached hydrogens (tertiary/aromatic N) is 1. The van der Waals surface area contributed by atoms with Crippen molar-refractivity contribution in [3.8, 4) is 23.3 Å². The Kier molecular flexibility index (Phi) is 4.81. The second-order valence-electron chi connectivity index (χ2n) is 4.66. The van der Waals surface area contributed by atoms with Gasteiger partial charge in [0.1, 0.15) is 5.75 Å². The van der Waals surface area contributed by atoms with Gasteiger partial charge in [-0.2, -0.15) is 5.26 Å². The van der Waals surface area contributed by atoms with Gasteiger partial charge < -0.3 is 14.8 Å². The number of benzene rings is 2. The molecule has 4 heteroatoms. The van der Waals surface area contributed by atoms with Crippen molar-refractivity contribution in [2.75, 3.05) is 14.2 Å². The summed E-state index contributed by atoms with van der Waals surface area (Å²) in [6.45, 7) is 2.08. The number of ether oxygens (including phenoxy) is 2. The quantitative estimate of drug-likeness (QED) is 0.909. The first-order chi connectivity index (χ1) is 10.2. The molecule has 0 spiro atoms. The number of hydrogen-bond acceptors (Lipinski definition) is 4. The maximum Gasteiger partial charge on any atom is 0.169 e. The van der Waals surface area contributed by atoms with Gasteiger partial charge in [-0.3, -0.25) is 0 Å². The van der Waals surface area contributed by atoms with Gasteiger partial charge in [-0.05, 0) is 43.8 Å². The molecule has 0 saturated carbocycles. The lowest BCUT2D eigenvalue weighted by Crippen LogP contribution is -2.12. The van der Waals surface area contributed by atoms with Crippen LogP contribution in [-0.4, -0.2) is 14.2 Å². The van der Waals surface area contributed by atoms with E-state index in [-0.39, 0.29) is 6.04 Å². The molecule has 2 aromatic rings. The minimum absolute atomic E-state index is 0.247. The third kappa shape index (κ3) is 3.53. The smallest absolute Gasteiger partial charge is 0.169 e. The van der Waals surface area contributed by atoms with E-state index >= 15 is 0 Å². The zero-order valence-electron chi connectivity index (χ0n) is 12.4. The van der Waals surface area contributed by atoms with Crippen molar-refractivity contribution in [1.82, 2.24) is 5.32 Å². The van der Waals surface area contributed by atoms with Gasteiger partial charge in [0.25, 0.3) is 0 Å². The second-order valence-corrected chi connectivity index (χ2v) is 4.66. The molecule has 2 aromatic carbocycles. The Hall–Kier alpha value is -2.51. The molecule has 1 N–H and O–H groups in total. The minimum Gasteiger partial charge on any atom is -0.493 e. The van der Waals surface area contributed by atoms with Crippen molar-refractivity contribution in [1.29, 1.82) is 5.26 Å². The van der Waals surface area contributed by atoms with Crippen LogP contribution in [0.25, 0.3) is 0 Å². The second kappa shape index (κ2) is 6.78. The largest absolute Gasteiger partial charge is 0.493 e. The van der Waals surface area contributed by atoms with E-state index in [1.807, 2.05) is 31.3 Å². The molecule has 0 radical (unpaired) electrons. The van der Waals surface area contributed by atoms with E-state index in [2.05, 4.69) is 18.3 Å². The molecule has 0 saturated heterocycles. The van der Waals surface area contributed by atoms with Gasteiger partial charge in [-0.1, -0.05) is 12.1 Å². The van der Waals surface area contributed by atoms with E-state index in [1.165, 1.54) is 0 Å². The first-order valence-corrected chi connectivity index (χ1v) is 6.71. The van der Waals surface area contributed by atoms with Crippen LogP contribution in [0.15, 0.2) is 42.5 Å². The summed E-state index contributed by atoms with van der Waals surface area (Å²) in [5.74, 6) is 1.87. The Morgan fingerprint density at radius 2 is 1.95 bits per heavy atom. The molecule has 4 nitrogen and oxygen atoms in total. The van der Waals surface area contributed by atoms with Gasteiger partial charge in [0.2, 0.25) is 0 Å². The molecule has 0 aliphatic heterocycles. The Labute approximate surface area is 124 Å². The van der Waals surface area contributed by atoms with Crippen molar-refractivity contribution >= 4 is 0 Å². The van der Waals surface area contributed by atoms with E-state index in [1.54, 1.807) is 25.3 Å². The van der Waals surface area contributed by atoms with Crippen molar-refractivity contribution in [3.63, 3.8) is 0 Å². The molecule has 0 heterocycles. The molecular formula is C17H18N2O2. The fourth-order valence-electron chi connectivity index (χ4n) is 1.96. The van der Waals surface area contributed by atoms with Crippen LogP contribution in [0.2, 0.25) is 0 Å². The fraction of sp³-hybridized carbons (Fsp3) is 0.235. The Morgan fingerprint density at radius 3 is 2.62 bits per heavy atom. The van der Waals surface area contributed by atoms with Gasteiger partial charge in [0.05, 0.1) is 18.7 Å². The summed E-state index contributed by atoms with van der Waals surface area (Å²) in [7, 11) is 3.48. The average Bonchev–Trinajstić information content (AvgIpc) is 2.54. The number of nitriles is 1. The lowest BCUT2D eigenvalue weighted by atomic mass is 10.1. The molecule has 2 rings (SSSR count). The van der Waals surface area contributed by atoms with Crippen molar-refractivity contribution in [2.24, 2.45) is 0 Å². The summed E-state index contributed by atoms with van der Waals surface area (Å²) in [5, 5.41) is 12.1. The summed E-state index contributed by atoms with van der Waals surface area (Å²) >= 11 is 0. The van der Waals surface area contributed by atoms with E-state index in [0.29, 0.717) is 17.1 Å². The minimum atomic E-state index is 0.247. The third-order valence-corrected chi connectivity index (χ3v) is 3.31. The molecule has 108 valence electrons. The van der Waals surface area contributed by atoms with Crippen LogP contribution in [0.4, 0.5) is 0 Å².